The fourth-order valence-electron chi connectivity index (χ4n) is 2.74. The van der Waals surface area contributed by atoms with Crippen molar-refractivity contribution in [2.24, 2.45) is 0 Å². The van der Waals surface area contributed by atoms with Crippen molar-refractivity contribution in [1.29, 1.82) is 0 Å². The van der Waals surface area contributed by atoms with Crippen molar-refractivity contribution >= 4 is 33.4 Å². The number of hydrogen-bond acceptors (Lipinski definition) is 5. The van der Waals surface area contributed by atoms with Gasteiger partial charge in [-0.15, -0.1) is 0 Å². The normalized spacial score (nSPS) is 17.2. The quantitative estimate of drug-likeness (QED) is 0.671. The number of benzene rings is 1. The van der Waals surface area contributed by atoms with Crippen LogP contribution in [-0.2, 0) is 14.8 Å². The maximum atomic E-state index is 12.6. The predicted octanol–water partition coefficient (Wildman–Crippen LogP) is 4.00. The Bertz CT molecular complexity index is 821. The van der Waals surface area contributed by atoms with Gasteiger partial charge < -0.3 is 4.74 Å². The summed E-state index contributed by atoms with van der Waals surface area (Å²) in [5.74, 6) is 0. The van der Waals surface area contributed by atoms with E-state index in [1.165, 1.54) is 16.1 Å². The maximum absolute atomic E-state index is 12.6. The van der Waals surface area contributed by atoms with E-state index in [4.69, 9.17) is 16.3 Å². The molecule has 2 aromatic rings. The van der Waals surface area contributed by atoms with E-state index in [1.807, 2.05) is 24.3 Å². The zero-order chi connectivity index (χ0) is 18.6. The molecule has 0 bridgehead atoms. The molecule has 26 heavy (non-hydrogen) atoms. The van der Waals surface area contributed by atoms with Crippen molar-refractivity contribution in [3.8, 4) is 0 Å². The highest BCUT2D eigenvalue weighted by molar-refractivity contribution is 7.99. The van der Waals surface area contributed by atoms with Gasteiger partial charge in [0.05, 0.1) is 18.2 Å². The summed E-state index contributed by atoms with van der Waals surface area (Å²) in [6.45, 7) is 3.74. The van der Waals surface area contributed by atoms with Gasteiger partial charge in [0.1, 0.15) is 4.90 Å². The van der Waals surface area contributed by atoms with Crippen molar-refractivity contribution in [3.05, 3.63) is 53.2 Å². The minimum atomic E-state index is -3.50. The molecule has 0 N–H and O–H groups in total. The minimum Gasteiger partial charge on any atom is -0.379 e. The second-order valence-corrected chi connectivity index (χ2v) is 9.51. The van der Waals surface area contributed by atoms with Gasteiger partial charge in [-0.25, -0.2) is 13.4 Å². The molecule has 2 heterocycles. The second-order valence-electron chi connectivity index (χ2n) is 5.91. The molecule has 1 aliphatic heterocycles. The molecule has 5 nitrogen and oxygen atoms in total. The van der Waals surface area contributed by atoms with Crippen molar-refractivity contribution < 1.29 is 13.2 Å². The molecule has 1 fully saturated rings. The van der Waals surface area contributed by atoms with Crippen molar-refractivity contribution in [1.82, 2.24) is 9.29 Å². The van der Waals surface area contributed by atoms with Crippen molar-refractivity contribution in [3.63, 3.8) is 0 Å². The molecule has 1 unspecified atom stereocenters. The number of rotatable bonds is 6. The molecule has 0 aliphatic carbocycles. The van der Waals surface area contributed by atoms with Crippen LogP contribution in [0.5, 0.6) is 0 Å². The SMILES string of the molecule is CCC(Sc1ccc(S(=O)(=O)N2CCOCC2)cn1)c1ccc(Cl)cc1. The molecule has 1 saturated heterocycles. The van der Waals surface area contributed by atoms with Crippen LogP contribution in [0.4, 0.5) is 0 Å². The Hall–Kier alpha value is -1.12. The number of nitrogens with zero attached hydrogens (tertiary/aromatic N) is 2. The molecule has 8 heteroatoms. The third-order valence-electron chi connectivity index (χ3n) is 4.19. The Kier molecular flexibility index (Phi) is 6.58. The number of morpholine rings is 1. The van der Waals surface area contributed by atoms with Gasteiger partial charge in [0.25, 0.3) is 0 Å². The van der Waals surface area contributed by atoms with Gasteiger partial charge in [0.15, 0.2) is 0 Å². The van der Waals surface area contributed by atoms with Gasteiger partial charge >= 0.3 is 0 Å². The van der Waals surface area contributed by atoms with E-state index in [-0.39, 0.29) is 10.1 Å². The zero-order valence-corrected chi connectivity index (χ0v) is 16.9. The smallest absolute Gasteiger partial charge is 0.244 e. The standard InChI is InChI=1S/C18H21ClN2O3S2/c1-2-17(14-3-5-15(19)6-4-14)25-18-8-7-16(13-20-18)26(22,23)21-9-11-24-12-10-21/h3-8,13,17H,2,9-12H2,1H3. The molecule has 0 amide bonds. The zero-order valence-electron chi connectivity index (χ0n) is 14.5. The van der Waals surface area contributed by atoms with Crippen LogP contribution in [0, 0.1) is 0 Å². The summed E-state index contributed by atoms with van der Waals surface area (Å²) in [7, 11) is -3.50. The van der Waals surface area contributed by atoms with E-state index < -0.39 is 10.0 Å². The van der Waals surface area contributed by atoms with E-state index in [9.17, 15) is 8.42 Å². The molecule has 0 radical (unpaired) electrons. The average Bonchev–Trinajstić information content (AvgIpc) is 2.68. The summed E-state index contributed by atoms with van der Waals surface area (Å²) in [4.78, 5) is 4.60. The van der Waals surface area contributed by atoms with Crippen molar-refractivity contribution in [2.45, 2.75) is 28.5 Å². The molecule has 1 aliphatic rings. The van der Waals surface area contributed by atoms with Gasteiger partial charge in [-0.05, 0) is 36.2 Å². The highest BCUT2D eigenvalue weighted by Crippen LogP contribution is 2.37. The van der Waals surface area contributed by atoms with E-state index in [0.717, 1.165) is 11.4 Å². The Morgan fingerprint density at radius 2 is 1.88 bits per heavy atom. The lowest BCUT2D eigenvalue weighted by molar-refractivity contribution is 0.0730. The summed E-state index contributed by atoms with van der Waals surface area (Å²) < 4.78 is 32.0. The first kappa shape index (κ1) is 19.6. The van der Waals surface area contributed by atoms with Crippen LogP contribution in [0.3, 0.4) is 0 Å². The third-order valence-corrected chi connectivity index (χ3v) is 7.70. The molecular weight excluding hydrogens is 392 g/mol. The number of sulfonamides is 1. The van der Waals surface area contributed by atoms with Crippen LogP contribution in [-0.4, -0.2) is 44.0 Å². The summed E-state index contributed by atoms with van der Waals surface area (Å²) >= 11 is 7.58. The van der Waals surface area contributed by atoms with E-state index in [1.54, 1.807) is 23.9 Å². The van der Waals surface area contributed by atoms with E-state index in [0.29, 0.717) is 31.3 Å². The van der Waals surface area contributed by atoms with Gasteiger partial charge in [-0.1, -0.05) is 42.4 Å². The number of ether oxygens (including phenoxy) is 1. The van der Waals surface area contributed by atoms with Gasteiger partial charge in [0, 0.05) is 29.6 Å². The molecule has 1 aromatic heterocycles. The fraction of sp³-hybridized carbons (Fsp3) is 0.389. The monoisotopic (exact) mass is 412 g/mol. The number of hydrogen-bond donors (Lipinski definition) is 0. The predicted molar refractivity (Wildman–Crippen MR) is 104 cm³/mol. The van der Waals surface area contributed by atoms with Gasteiger partial charge in [-0.2, -0.15) is 4.31 Å². The van der Waals surface area contributed by atoms with Gasteiger partial charge in [0.2, 0.25) is 10.0 Å². The molecular formula is C18H21ClN2O3S2. The van der Waals surface area contributed by atoms with Crippen LogP contribution >= 0.6 is 23.4 Å². The number of thioether (sulfide) groups is 1. The summed E-state index contributed by atoms with van der Waals surface area (Å²) in [5, 5.41) is 1.75. The largest absolute Gasteiger partial charge is 0.379 e. The maximum Gasteiger partial charge on any atom is 0.244 e. The van der Waals surface area contributed by atoms with Crippen LogP contribution in [0.1, 0.15) is 24.2 Å². The Labute approximate surface area is 163 Å². The summed E-state index contributed by atoms with van der Waals surface area (Å²) in [6, 6.07) is 11.2. The second kappa shape index (κ2) is 8.71. The fourth-order valence-corrected chi connectivity index (χ4v) is 5.23. The summed E-state index contributed by atoms with van der Waals surface area (Å²) in [6.07, 6.45) is 2.38. The number of aromatic nitrogens is 1. The number of halogens is 1. The van der Waals surface area contributed by atoms with E-state index >= 15 is 0 Å². The first-order valence-electron chi connectivity index (χ1n) is 8.47. The van der Waals surface area contributed by atoms with Crippen LogP contribution < -0.4 is 0 Å². The Morgan fingerprint density at radius 3 is 2.46 bits per heavy atom. The first-order chi connectivity index (χ1) is 12.5. The lowest BCUT2D eigenvalue weighted by Crippen LogP contribution is -2.40. The third kappa shape index (κ3) is 4.58. The van der Waals surface area contributed by atoms with Crippen LogP contribution in [0.15, 0.2) is 52.5 Å². The summed E-state index contributed by atoms with van der Waals surface area (Å²) in [5.41, 5.74) is 1.17. The topological polar surface area (TPSA) is 59.5 Å². The first-order valence-corrected chi connectivity index (χ1v) is 11.2. The molecule has 1 aromatic carbocycles. The minimum absolute atomic E-state index is 0.225. The highest BCUT2D eigenvalue weighted by atomic mass is 35.5. The van der Waals surface area contributed by atoms with Gasteiger partial charge in [-0.3, -0.25) is 0 Å². The lowest BCUT2D eigenvalue weighted by atomic mass is 10.1. The van der Waals surface area contributed by atoms with Crippen LogP contribution in [0.2, 0.25) is 5.02 Å². The molecule has 0 saturated carbocycles. The lowest BCUT2D eigenvalue weighted by Gasteiger charge is -2.25. The Balaban J connectivity index is 1.73. The molecule has 140 valence electrons. The molecule has 3 rings (SSSR count). The van der Waals surface area contributed by atoms with Crippen molar-refractivity contribution in [2.75, 3.05) is 26.3 Å². The molecule has 0 spiro atoms. The Morgan fingerprint density at radius 1 is 1.19 bits per heavy atom. The highest BCUT2D eigenvalue weighted by Gasteiger charge is 2.26. The molecule has 1 atom stereocenters. The average molecular weight is 413 g/mol. The number of pyridine rings is 1. The van der Waals surface area contributed by atoms with Crippen LogP contribution in [0.25, 0.3) is 0 Å². The van der Waals surface area contributed by atoms with E-state index in [2.05, 4.69) is 11.9 Å².